The van der Waals surface area contributed by atoms with Crippen molar-refractivity contribution in [3.8, 4) is 11.1 Å². The van der Waals surface area contributed by atoms with Crippen LogP contribution in [0.15, 0.2) is 48.7 Å². The summed E-state index contributed by atoms with van der Waals surface area (Å²) in [6.07, 6.45) is 3.27. The van der Waals surface area contributed by atoms with E-state index in [4.69, 9.17) is 10.7 Å². The van der Waals surface area contributed by atoms with Crippen molar-refractivity contribution in [3.05, 3.63) is 82.7 Å². The quantitative estimate of drug-likeness (QED) is 0.379. The minimum absolute atomic E-state index is 0.0318. The van der Waals surface area contributed by atoms with Gasteiger partial charge < -0.3 is 15.6 Å². The van der Waals surface area contributed by atoms with E-state index >= 15 is 4.39 Å². The van der Waals surface area contributed by atoms with Gasteiger partial charge in [0.05, 0.1) is 34.3 Å². The van der Waals surface area contributed by atoms with Crippen molar-refractivity contribution in [1.82, 2.24) is 19.9 Å². The molecule has 4 aliphatic rings. The number of nitrogens with one attached hydrogen (secondary N) is 1. The van der Waals surface area contributed by atoms with Gasteiger partial charge in [-0.05, 0) is 66.1 Å². The van der Waals surface area contributed by atoms with E-state index in [1.165, 1.54) is 17.8 Å². The van der Waals surface area contributed by atoms with Gasteiger partial charge in [0.25, 0.3) is 11.8 Å². The van der Waals surface area contributed by atoms with Gasteiger partial charge in [0.2, 0.25) is 0 Å². The van der Waals surface area contributed by atoms with E-state index in [2.05, 4.69) is 20.9 Å². The molecule has 38 heavy (non-hydrogen) atoms. The molecule has 0 radical (unpaired) electrons. The molecule has 2 bridgehead atoms. The van der Waals surface area contributed by atoms with Crippen LogP contribution in [0.5, 0.6) is 0 Å². The number of nitrogens with two attached hydrogens (primary N) is 1. The van der Waals surface area contributed by atoms with E-state index in [1.807, 2.05) is 30.3 Å². The number of nitrogens with zero attached hydrogens (tertiary/aromatic N) is 3. The van der Waals surface area contributed by atoms with Gasteiger partial charge in [-0.15, -0.1) is 0 Å². The molecule has 0 unspecified atom stereocenters. The van der Waals surface area contributed by atoms with Crippen molar-refractivity contribution in [2.75, 3.05) is 0 Å². The number of rotatable bonds is 3. The molecular weight excluding hydrogens is 491 g/mol. The molecule has 1 amide bonds. The van der Waals surface area contributed by atoms with Crippen LogP contribution in [0, 0.1) is 5.82 Å². The predicted molar refractivity (Wildman–Crippen MR) is 134 cm³/mol. The summed E-state index contributed by atoms with van der Waals surface area (Å²) in [7, 11) is 0. The highest BCUT2D eigenvalue weighted by Crippen LogP contribution is 2.51. The molecule has 4 aromatic rings. The van der Waals surface area contributed by atoms with Crippen LogP contribution in [0.4, 0.5) is 13.2 Å². The molecule has 2 aliphatic carbocycles. The summed E-state index contributed by atoms with van der Waals surface area (Å²) in [5, 5.41) is 3.17. The number of benzene rings is 2. The Bertz CT molecular complexity index is 1680. The Balaban J connectivity index is 1.24. The average molecular weight is 516 g/mol. The Hall–Kier alpha value is -3.72. The lowest BCUT2D eigenvalue weighted by Crippen LogP contribution is -2.56. The highest BCUT2D eigenvalue weighted by molar-refractivity contribution is 5.97. The van der Waals surface area contributed by atoms with Crippen LogP contribution >= 0.6 is 0 Å². The van der Waals surface area contributed by atoms with Gasteiger partial charge in [-0.25, -0.2) is 18.2 Å². The Labute approximate surface area is 216 Å². The zero-order valence-corrected chi connectivity index (χ0v) is 20.3. The largest absolute Gasteiger partial charge is 0.342 e. The summed E-state index contributed by atoms with van der Waals surface area (Å²) in [6.45, 7) is 0. The first-order valence-electron chi connectivity index (χ1n) is 13.0. The third-order valence-electron chi connectivity index (χ3n) is 8.63. The van der Waals surface area contributed by atoms with E-state index in [0.717, 1.165) is 52.8 Å². The predicted octanol–water partition coefficient (Wildman–Crippen LogP) is 5.48. The summed E-state index contributed by atoms with van der Waals surface area (Å²) in [6, 6.07) is 12.8. The molecule has 2 aromatic heterocycles. The maximum absolute atomic E-state index is 15.1. The van der Waals surface area contributed by atoms with Gasteiger partial charge in [0, 0.05) is 30.2 Å². The molecule has 2 atom stereocenters. The zero-order chi connectivity index (χ0) is 26.0. The number of pyridine rings is 1. The lowest BCUT2D eigenvalue weighted by atomic mass is 9.71. The monoisotopic (exact) mass is 515 g/mol. The molecule has 0 spiro atoms. The van der Waals surface area contributed by atoms with Crippen molar-refractivity contribution in [2.24, 2.45) is 5.73 Å². The van der Waals surface area contributed by atoms with Gasteiger partial charge >= 0.3 is 0 Å². The van der Waals surface area contributed by atoms with Crippen molar-refractivity contribution in [3.63, 3.8) is 0 Å². The summed E-state index contributed by atoms with van der Waals surface area (Å²) in [5.41, 5.74) is 10.5. The first-order chi connectivity index (χ1) is 18.2. The molecule has 3 N–H and O–H groups in total. The minimum atomic E-state index is -2.89. The highest BCUT2D eigenvalue weighted by atomic mass is 19.3. The minimum Gasteiger partial charge on any atom is -0.342 e. The molecule has 192 valence electrons. The second-order valence-corrected chi connectivity index (χ2v) is 11.3. The van der Waals surface area contributed by atoms with Crippen LogP contribution in [0.1, 0.15) is 83.1 Å². The third-order valence-corrected chi connectivity index (χ3v) is 8.63. The molecule has 4 heterocycles. The fourth-order valence-electron chi connectivity index (χ4n) is 6.81. The van der Waals surface area contributed by atoms with Gasteiger partial charge in [-0.1, -0.05) is 18.2 Å². The first kappa shape index (κ1) is 22.3. The molecule has 2 aromatic carbocycles. The normalized spacial score (nSPS) is 24.4. The fourth-order valence-corrected chi connectivity index (χ4v) is 6.81. The van der Waals surface area contributed by atoms with E-state index < -0.39 is 30.1 Å². The molecule has 8 rings (SSSR count). The maximum atomic E-state index is 15.1. The van der Waals surface area contributed by atoms with Gasteiger partial charge in [-0.3, -0.25) is 9.78 Å². The second kappa shape index (κ2) is 7.22. The lowest BCUT2D eigenvalue weighted by molar-refractivity contribution is -0.127. The number of carbonyl (C=O) groups is 1. The Kier molecular flexibility index (Phi) is 4.24. The maximum Gasteiger partial charge on any atom is 0.252 e. The topological polar surface area (TPSA) is 85.8 Å². The molecule has 2 saturated carbocycles. The fraction of sp³-hybridized carbons (Fsp3) is 0.345. The SMILES string of the molecule is NC1(c2ncc(-c3ccc4nc5n(c4c3)[C@@H]3C[C@H]5NC(=O)c4cccc(C5CC5)c43)cc2F)CC(F)(F)C1. The standard InChI is InChI=1S/C29H24F3N5O/c30-19-8-16(11-34-25(19)28(33)12-29(31,32)13-28)15-6-7-20-22(9-15)37-23-10-21(26(37)35-20)36-27(38)18-3-1-2-17(24(18)23)14-4-5-14/h1-3,6-9,11,14,21,23H,4-5,10,12-13,33H2,(H,36,38)/t21-,23-/m1/s1. The molecule has 9 heteroatoms. The number of halogens is 3. The molecule has 6 nitrogen and oxygen atoms in total. The lowest BCUT2D eigenvalue weighted by Gasteiger charge is -2.43. The number of hydrogen-bond acceptors (Lipinski definition) is 4. The third kappa shape index (κ3) is 3.08. The number of fused-ring (bicyclic) bond motifs is 9. The van der Waals surface area contributed by atoms with E-state index in [0.29, 0.717) is 11.5 Å². The number of imidazole rings is 1. The van der Waals surface area contributed by atoms with Crippen molar-refractivity contribution >= 4 is 16.9 Å². The van der Waals surface area contributed by atoms with Crippen molar-refractivity contribution in [2.45, 2.75) is 61.6 Å². The number of amides is 1. The smallest absolute Gasteiger partial charge is 0.252 e. The van der Waals surface area contributed by atoms with Crippen molar-refractivity contribution < 1.29 is 18.0 Å². The van der Waals surface area contributed by atoms with Crippen LogP contribution in [-0.4, -0.2) is 26.4 Å². The first-order valence-corrected chi connectivity index (χ1v) is 13.0. The van der Waals surface area contributed by atoms with E-state index in [-0.39, 0.29) is 23.7 Å². The number of hydrogen-bond donors (Lipinski definition) is 2. The Morgan fingerprint density at radius 2 is 1.89 bits per heavy atom. The Morgan fingerprint density at radius 3 is 2.63 bits per heavy atom. The van der Waals surface area contributed by atoms with Crippen molar-refractivity contribution in [1.29, 1.82) is 0 Å². The van der Waals surface area contributed by atoms with Crippen LogP contribution < -0.4 is 11.1 Å². The molecular formula is C29H24F3N5O. The number of alkyl halides is 2. The van der Waals surface area contributed by atoms with Crippen LogP contribution in [-0.2, 0) is 5.54 Å². The summed E-state index contributed by atoms with van der Waals surface area (Å²) < 4.78 is 44.2. The Morgan fingerprint density at radius 1 is 1.08 bits per heavy atom. The molecule has 0 saturated heterocycles. The summed E-state index contributed by atoms with van der Waals surface area (Å²) in [4.78, 5) is 22.2. The van der Waals surface area contributed by atoms with E-state index in [1.54, 1.807) is 0 Å². The van der Waals surface area contributed by atoms with Gasteiger partial charge in [0.1, 0.15) is 11.6 Å². The molecule has 2 fully saturated rings. The van der Waals surface area contributed by atoms with Crippen LogP contribution in [0.2, 0.25) is 0 Å². The average Bonchev–Trinajstić information content (AvgIpc) is 3.58. The second-order valence-electron chi connectivity index (χ2n) is 11.3. The van der Waals surface area contributed by atoms with Gasteiger partial charge in [0.15, 0.2) is 0 Å². The van der Waals surface area contributed by atoms with Crippen LogP contribution in [0.25, 0.3) is 22.2 Å². The summed E-state index contributed by atoms with van der Waals surface area (Å²) >= 11 is 0. The number of carbonyl (C=O) groups excluding carboxylic acids is 1. The highest BCUT2D eigenvalue weighted by Gasteiger charge is 2.57. The zero-order valence-electron chi connectivity index (χ0n) is 20.3. The number of aromatic nitrogens is 3. The van der Waals surface area contributed by atoms with E-state index in [9.17, 15) is 13.6 Å². The van der Waals surface area contributed by atoms with Crippen LogP contribution in [0.3, 0.4) is 0 Å². The molecule has 2 aliphatic heterocycles. The summed E-state index contributed by atoms with van der Waals surface area (Å²) in [5.74, 6) is -2.32. The van der Waals surface area contributed by atoms with Gasteiger partial charge in [-0.2, -0.15) is 0 Å².